The highest BCUT2D eigenvalue weighted by Gasteiger charge is 2.22. The van der Waals surface area contributed by atoms with Crippen molar-refractivity contribution in [3.05, 3.63) is 69.8 Å². The number of carbonyl (C=O) groups is 1. The molecule has 6 nitrogen and oxygen atoms in total. The summed E-state index contributed by atoms with van der Waals surface area (Å²) in [5.41, 5.74) is 2.40. The quantitative estimate of drug-likeness (QED) is 0.587. The second kappa shape index (κ2) is 8.79. The lowest BCUT2D eigenvalue weighted by molar-refractivity contribution is -0.131. The number of amides is 1. The van der Waals surface area contributed by atoms with Crippen molar-refractivity contribution in [1.29, 1.82) is 0 Å². The maximum atomic E-state index is 13.1. The van der Waals surface area contributed by atoms with Gasteiger partial charge in [0, 0.05) is 55.3 Å². The summed E-state index contributed by atoms with van der Waals surface area (Å²) in [5, 5.41) is 0.843. The molecule has 4 rings (SSSR count). The minimum atomic E-state index is -0.410. The van der Waals surface area contributed by atoms with E-state index in [9.17, 15) is 14.0 Å². The third kappa shape index (κ3) is 4.40. The van der Waals surface area contributed by atoms with Gasteiger partial charge < -0.3 is 19.0 Å². The molecule has 0 saturated carbocycles. The van der Waals surface area contributed by atoms with Crippen molar-refractivity contribution in [2.75, 3.05) is 38.2 Å². The third-order valence-corrected chi connectivity index (χ3v) is 5.91. The van der Waals surface area contributed by atoms with Crippen LogP contribution in [0.4, 0.5) is 10.1 Å². The number of piperazine rings is 1. The maximum Gasteiger partial charge on any atom is 0.339 e. The standard InChI is InChI=1S/C24H25FN2O4/c1-16-20-8-7-19(30-2)15-22(20)31-24(29)21(16)9-10-23(28)27-13-11-26(12-14-27)18-5-3-17(25)4-6-18/h3-8,15H,9-14H2,1-2H3. The summed E-state index contributed by atoms with van der Waals surface area (Å²) in [7, 11) is 1.56. The fraction of sp³-hybridized carbons (Fsp3) is 0.333. The summed E-state index contributed by atoms with van der Waals surface area (Å²) in [6, 6.07) is 11.8. The number of hydrogen-bond acceptors (Lipinski definition) is 5. The second-order valence-electron chi connectivity index (χ2n) is 7.70. The lowest BCUT2D eigenvalue weighted by Gasteiger charge is -2.36. The molecule has 2 heterocycles. The van der Waals surface area contributed by atoms with Crippen LogP contribution in [-0.4, -0.2) is 44.1 Å². The molecule has 0 radical (unpaired) electrons. The van der Waals surface area contributed by atoms with E-state index in [4.69, 9.17) is 9.15 Å². The van der Waals surface area contributed by atoms with Crippen molar-refractivity contribution in [2.45, 2.75) is 19.8 Å². The number of aryl methyl sites for hydroxylation is 1. The summed E-state index contributed by atoms with van der Waals surface area (Å²) in [5.74, 6) is 0.385. The Labute approximate surface area is 179 Å². The van der Waals surface area contributed by atoms with Crippen molar-refractivity contribution >= 4 is 22.6 Å². The fourth-order valence-corrected chi connectivity index (χ4v) is 4.05. The lowest BCUT2D eigenvalue weighted by Crippen LogP contribution is -2.48. The van der Waals surface area contributed by atoms with Gasteiger partial charge in [0.25, 0.3) is 0 Å². The number of ether oxygens (including phenoxy) is 1. The summed E-state index contributed by atoms with van der Waals surface area (Å²) >= 11 is 0. The van der Waals surface area contributed by atoms with Gasteiger partial charge in [-0.1, -0.05) is 0 Å². The Bertz CT molecular complexity index is 1150. The highest BCUT2D eigenvalue weighted by Crippen LogP contribution is 2.25. The predicted octanol–water partition coefficient (Wildman–Crippen LogP) is 3.53. The topological polar surface area (TPSA) is 63.0 Å². The molecular formula is C24H25FN2O4. The highest BCUT2D eigenvalue weighted by molar-refractivity contribution is 5.83. The molecule has 7 heteroatoms. The van der Waals surface area contributed by atoms with Crippen molar-refractivity contribution in [3.63, 3.8) is 0 Å². The Kier molecular flexibility index (Phi) is 5.93. The van der Waals surface area contributed by atoms with Crippen molar-refractivity contribution in [2.24, 2.45) is 0 Å². The van der Waals surface area contributed by atoms with Gasteiger partial charge in [0.05, 0.1) is 7.11 Å². The van der Waals surface area contributed by atoms with Crippen LogP contribution in [0.2, 0.25) is 0 Å². The molecule has 1 fully saturated rings. The highest BCUT2D eigenvalue weighted by atomic mass is 19.1. The minimum Gasteiger partial charge on any atom is -0.497 e. The monoisotopic (exact) mass is 424 g/mol. The number of carbonyl (C=O) groups excluding carboxylic acids is 1. The number of benzene rings is 2. The second-order valence-corrected chi connectivity index (χ2v) is 7.70. The summed E-state index contributed by atoms with van der Waals surface area (Å²) < 4.78 is 23.8. The smallest absolute Gasteiger partial charge is 0.339 e. The molecule has 0 atom stereocenters. The van der Waals surface area contributed by atoms with E-state index >= 15 is 0 Å². The van der Waals surface area contributed by atoms with E-state index in [1.807, 2.05) is 24.0 Å². The molecule has 0 bridgehead atoms. The zero-order valence-electron chi connectivity index (χ0n) is 17.7. The zero-order chi connectivity index (χ0) is 22.0. The minimum absolute atomic E-state index is 0.0207. The normalized spacial score (nSPS) is 14.2. The zero-order valence-corrected chi connectivity index (χ0v) is 17.7. The van der Waals surface area contributed by atoms with E-state index in [1.54, 1.807) is 25.3 Å². The largest absolute Gasteiger partial charge is 0.497 e. The first-order valence-electron chi connectivity index (χ1n) is 10.3. The summed E-state index contributed by atoms with van der Waals surface area (Å²) in [4.78, 5) is 29.2. The van der Waals surface area contributed by atoms with Crippen LogP contribution in [0.3, 0.4) is 0 Å². The lowest BCUT2D eigenvalue weighted by atomic mass is 10.0. The van der Waals surface area contributed by atoms with Crippen LogP contribution in [0.5, 0.6) is 5.75 Å². The average Bonchev–Trinajstić information content (AvgIpc) is 2.79. The molecule has 0 N–H and O–H groups in total. The SMILES string of the molecule is COc1ccc2c(C)c(CCC(=O)N3CCN(c4ccc(F)cc4)CC3)c(=O)oc2c1. The Morgan fingerprint density at radius 1 is 1.10 bits per heavy atom. The molecule has 2 aromatic carbocycles. The third-order valence-electron chi connectivity index (χ3n) is 5.91. The fourth-order valence-electron chi connectivity index (χ4n) is 4.05. The number of anilines is 1. The Balaban J connectivity index is 1.39. The first kappa shape index (κ1) is 20.9. The summed E-state index contributed by atoms with van der Waals surface area (Å²) in [6.07, 6.45) is 0.594. The van der Waals surface area contributed by atoms with Crippen molar-refractivity contribution in [3.8, 4) is 5.75 Å². The van der Waals surface area contributed by atoms with Crippen LogP contribution in [-0.2, 0) is 11.2 Å². The van der Waals surface area contributed by atoms with Gasteiger partial charge in [0.15, 0.2) is 0 Å². The molecule has 1 saturated heterocycles. The molecular weight excluding hydrogens is 399 g/mol. The van der Waals surface area contributed by atoms with Gasteiger partial charge in [-0.05, 0) is 55.3 Å². The van der Waals surface area contributed by atoms with E-state index in [0.29, 0.717) is 49.5 Å². The van der Waals surface area contributed by atoms with Crippen LogP contribution in [0.25, 0.3) is 11.0 Å². The van der Waals surface area contributed by atoms with E-state index in [-0.39, 0.29) is 18.1 Å². The first-order chi connectivity index (χ1) is 15.0. The number of methoxy groups -OCH3 is 1. The van der Waals surface area contributed by atoms with Crippen LogP contribution in [0.1, 0.15) is 17.5 Å². The molecule has 1 amide bonds. The summed E-state index contributed by atoms with van der Waals surface area (Å²) in [6.45, 7) is 4.46. The van der Waals surface area contributed by atoms with Gasteiger partial charge in [-0.25, -0.2) is 9.18 Å². The van der Waals surface area contributed by atoms with Gasteiger partial charge in [0.1, 0.15) is 17.1 Å². The Morgan fingerprint density at radius 2 is 1.81 bits per heavy atom. The Hall–Kier alpha value is -3.35. The molecule has 31 heavy (non-hydrogen) atoms. The van der Waals surface area contributed by atoms with E-state index in [2.05, 4.69) is 4.90 Å². The van der Waals surface area contributed by atoms with E-state index in [1.165, 1.54) is 12.1 Å². The van der Waals surface area contributed by atoms with Crippen molar-refractivity contribution in [1.82, 2.24) is 4.90 Å². The maximum absolute atomic E-state index is 13.1. The van der Waals surface area contributed by atoms with Crippen LogP contribution in [0, 0.1) is 12.7 Å². The van der Waals surface area contributed by atoms with Crippen molar-refractivity contribution < 1.29 is 18.3 Å². The molecule has 1 aliphatic rings. The number of rotatable bonds is 5. The Morgan fingerprint density at radius 3 is 2.48 bits per heavy atom. The van der Waals surface area contributed by atoms with Crippen LogP contribution < -0.4 is 15.3 Å². The van der Waals surface area contributed by atoms with Gasteiger partial charge in [0.2, 0.25) is 5.91 Å². The number of hydrogen-bond donors (Lipinski definition) is 0. The number of fused-ring (bicyclic) bond motifs is 1. The first-order valence-corrected chi connectivity index (χ1v) is 10.3. The predicted molar refractivity (Wildman–Crippen MR) is 117 cm³/mol. The molecule has 0 aliphatic carbocycles. The molecule has 162 valence electrons. The molecule has 1 aliphatic heterocycles. The van der Waals surface area contributed by atoms with Gasteiger partial charge in [-0.3, -0.25) is 4.79 Å². The van der Waals surface area contributed by atoms with Crippen LogP contribution >= 0.6 is 0 Å². The molecule has 1 aromatic heterocycles. The van der Waals surface area contributed by atoms with E-state index < -0.39 is 5.63 Å². The van der Waals surface area contributed by atoms with Gasteiger partial charge >= 0.3 is 5.63 Å². The number of halogens is 1. The van der Waals surface area contributed by atoms with Crippen LogP contribution in [0.15, 0.2) is 51.7 Å². The molecule has 0 unspecified atom stereocenters. The van der Waals surface area contributed by atoms with E-state index in [0.717, 1.165) is 16.6 Å². The molecule has 0 spiro atoms. The number of nitrogens with zero attached hydrogens (tertiary/aromatic N) is 2. The van der Waals surface area contributed by atoms with Gasteiger partial charge in [-0.2, -0.15) is 0 Å². The molecule has 3 aromatic rings. The average molecular weight is 424 g/mol. The van der Waals surface area contributed by atoms with Gasteiger partial charge in [-0.15, -0.1) is 0 Å².